The van der Waals surface area contributed by atoms with Gasteiger partial charge in [0.2, 0.25) is 0 Å². The third kappa shape index (κ3) is 2.10. The highest BCUT2D eigenvalue weighted by molar-refractivity contribution is 6.17. The van der Waals surface area contributed by atoms with Crippen molar-refractivity contribution in [1.82, 2.24) is 9.55 Å². The number of benzene rings is 1. The molecule has 1 heterocycles. The van der Waals surface area contributed by atoms with Crippen LogP contribution in [-0.2, 0) is 0 Å². The van der Waals surface area contributed by atoms with Crippen LogP contribution in [0, 0.1) is 0 Å². The molecular weight excluding hydrogens is 227 g/mol. The summed E-state index contributed by atoms with van der Waals surface area (Å²) < 4.78 is 7.23. The van der Waals surface area contributed by atoms with Crippen LogP contribution in [0.5, 0.6) is 5.75 Å². The summed E-state index contributed by atoms with van der Waals surface area (Å²) >= 11 is 0. The van der Waals surface area contributed by atoms with Gasteiger partial charge in [0.25, 0.3) is 0 Å². The topological polar surface area (TPSA) is 47.3 Å². The summed E-state index contributed by atoms with van der Waals surface area (Å²) in [5.74, 6) is 0.610. The zero-order valence-electron chi connectivity index (χ0n) is 10.2. The van der Waals surface area contributed by atoms with Crippen LogP contribution in [0.3, 0.4) is 0 Å². The zero-order chi connectivity index (χ0) is 12.4. The third-order valence-corrected chi connectivity index (χ3v) is 3.70. The van der Waals surface area contributed by atoms with E-state index in [2.05, 4.69) is 9.55 Å². The largest absolute Gasteiger partial charge is 0.569 e. The van der Waals surface area contributed by atoms with E-state index in [0.717, 1.165) is 11.0 Å². The molecule has 1 aromatic carbocycles. The van der Waals surface area contributed by atoms with Crippen LogP contribution < -0.4 is 4.65 Å². The van der Waals surface area contributed by atoms with Crippen molar-refractivity contribution in [2.45, 2.75) is 38.1 Å². The molecule has 2 aromatic rings. The maximum absolute atomic E-state index is 8.63. The lowest BCUT2D eigenvalue weighted by atomic mass is 9.95. The van der Waals surface area contributed by atoms with Crippen molar-refractivity contribution in [3.63, 3.8) is 0 Å². The second kappa shape index (κ2) is 5.02. The number of imidazole rings is 1. The first-order valence-corrected chi connectivity index (χ1v) is 6.47. The first-order chi connectivity index (χ1) is 8.88. The molecule has 1 radical (unpaired) electrons. The summed E-state index contributed by atoms with van der Waals surface area (Å²) in [6.07, 6.45) is 8.39. The Kier molecular flexibility index (Phi) is 3.23. The number of hydrogen-bond acceptors (Lipinski definition) is 3. The highest BCUT2D eigenvalue weighted by Gasteiger charge is 2.17. The summed E-state index contributed by atoms with van der Waals surface area (Å²) in [4.78, 5) is 4.42. The van der Waals surface area contributed by atoms with Crippen molar-refractivity contribution in [2.75, 3.05) is 0 Å². The van der Waals surface area contributed by atoms with E-state index in [1.54, 1.807) is 0 Å². The van der Waals surface area contributed by atoms with Crippen LogP contribution in [0.1, 0.15) is 38.1 Å². The highest BCUT2D eigenvalue weighted by atomic mass is 16.5. The molecule has 0 unspecified atom stereocenters. The lowest BCUT2D eigenvalue weighted by Gasteiger charge is -2.23. The van der Waals surface area contributed by atoms with Gasteiger partial charge in [-0.2, -0.15) is 0 Å². The average molecular weight is 243 g/mol. The van der Waals surface area contributed by atoms with Gasteiger partial charge < -0.3 is 14.2 Å². The van der Waals surface area contributed by atoms with E-state index in [-0.39, 0.29) is 0 Å². The van der Waals surface area contributed by atoms with Crippen molar-refractivity contribution in [3.8, 4) is 5.75 Å². The van der Waals surface area contributed by atoms with Crippen molar-refractivity contribution in [1.29, 1.82) is 0 Å². The number of aromatic nitrogens is 2. The molecule has 0 bridgehead atoms. The summed E-state index contributed by atoms with van der Waals surface area (Å²) in [5, 5.41) is 8.63. The third-order valence-electron chi connectivity index (χ3n) is 3.70. The summed E-state index contributed by atoms with van der Waals surface area (Å²) in [5.41, 5.74) is 2.06. The predicted molar refractivity (Wildman–Crippen MR) is 70.5 cm³/mol. The Morgan fingerprint density at radius 1 is 1.28 bits per heavy atom. The van der Waals surface area contributed by atoms with E-state index in [0.29, 0.717) is 19.5 Å². The quantitative estimate of drug-likeness (QED) is 0.842. The molecule has 1 fully saturated rings. The molecule has 1 aromatic heterocycles. The van der Waals surface area contributed by atoms with Gasteiger partial charge >= 0.3 is 7.69 Å². The molecule has 4 nitrogen and oxygen atoms in total. The average Bonchev–Trinajstić information content (AvgIpc) is 2.83. The Balaban J connectivity index is 1.93. The van der Waals surface area contributed by atoms with Crippen molar-refractivity contribution in [2.24, 2.45) is 0 Å². The normalized spacial score (nSPS) is 16.9. The molecule has 5 heteroatoms. The molecule has 3 rings (SSSR count). The van der Waals surface area contributed by atoms with Crippen LogP contribution in [0.4, 0.5) is 0 Å². The van der Waals surface area contributed by atoms with Crippen molar-refractivity contribution in [3.05, 3.63) is 24.5 Å². The van der Waals surface area contributed by atoms with E-state index in [1.807, 2.05) is 24.5 Å². The van der Waals surface area contributed by atoms with Gasteiger partial charge in [-0.15, -0.1) is 0 Å². The van der Waals surface area contributed by atoms with Crippen LogP contribution >= 0.6 is 0 Å². The Bertz CT molecular complexity index is 535. The van der Waals surface area contributed by atoms with Gasteiger partial charge in [-0.05, 0) is 25.0 Å². The first kappa shape index (κ1) is 11.6. The minimum absolute atomic E-state index is 0.583. The molecule has 0 saturated heterocycles. The predicted octanol–water partition coefficient (Wildman–Crippen LogP) is 2.45. The maximum atomic E-state index is 8.63. The molecule has 1 saturated carbocycles. The van der Waals surface area contributed by atoms with Crippen molar-refractivity contribution >= 4 is 18.7 Å². The Morgan fingerprint density at radius 3 is 2.89 bits per heavy atom. The molecule has 93 valence electrons. The molecular formula is C13H16BN2O2. The summed E-state index contributed by atoms with van der Waals surface area (Å²) in [6.45, 7) is 0. The molecule has 18 heavy (non-hydrogen) atoms. The maximum Gasteiger partial charge on any atom is 0.569 e. The van der Waals surface area contributed by atoms with Gasteiger partial charge in [-0.1, -0.05) is 19.3 Å². The lowest BCUT2D eigenvalue weighted by molar-refractivity contribution is 0.359. The van der Waals surface area contributed by atoms with Gasteiger partial charge in [0.05, 0.1) is 17.4 Å². The molecule has 1 aliphatic rings. The fourth-order valence-corrected chi connectivity index (χ4v) is 2.80. The molecule has 0 aliphatic heterocycles. The van der Waals surface area contributed by atoms with E-state index in [4.69, 9.17) is 9.68 Å². The van der Waals surface area contributed by atoms with Crippen LogP contribution in [0.15, 0.2) is 24.5 Å². The summed E-state index contributed by atoms with van der Waals surface area (Å²) in [7, 11) is 0.694. The van der Waals surface area contributed by atoms with Gasteiger partial charge in [0.15, 0.2) is 0 Å². The first-order valence-electron chi connectivity index (χ1n) is 6.47. The molecule has 1 aliphatic carbocycles. The van der Waals surface area contributed by atoms with Crippen molar-refractivity contribution < 1.29 is 9.68 Å². The fraction of sp³-hybridized carbons (Fsp3) is 0.462. The van der Waals surface area contributed by atoms with Crippen LogP contribution in [0.25, 0.3) is 11.0 Å². The number of rotatable bonds is 3. The Morgan fingerprint density at radius 2 is 2.11 bits per heavy atom. The minimum Gasteiger partial charge on any atom is -0.537 e. The minimum atomic E-state index is 0.583. The molecule has 0 atom stereocenters. The van der Waals surface area contributed by atoms with E-state index in [9.17, 15) is 0 Å². The van der Waals surface area contributed by atoms with Crippen LogP contribution in [-0.4, -0.2) is 22.3 Å². The smallest absolute Gasteiger partial charge is 0.537 e. The zero-order valence-corrected chi connectivity index (χ0v) is 10.2. The molecule has 0 spiro atoms. The lowest BCUT2D eigenvalue weighted by Crippen LogP contribution is -2.11. The molecule has 1 N–H and O–H groups in total. The van der Waals surface area contributed by atoms with Gasteiger partial charge in [-0.3, -0.25) is 0 Å². The SMILES string of the molecule is O[B]Oc1ccc2c(c1)ncn2C1CCCCC1. The number of fused-ring (bicyclic) bond motifs is 1. The summed E-state index contributed by atoms with van der Waals surface area (Å²) in [6, 6.07) is 6.30. The van der Waals surface area contributed by atoms with Gasteiger partial charge in [0, 0.05) is 12.1 Å². The fourth-order valence-electron chi connectivity index (χ4n) is 2.80. The number of hydrogen-bond donors (Lipinski definition) is 1. The second-order valence-electron chi connectivity index (χ2n) is 4.82. The van der Waals surface area contributed by atoms with Crippen LogP contribution in [0.2, 0.25) is 0 Å². The van der Waals surface area contributed by atoms with E-state index < -0.39 is 0 Å². The van der Waals surface area contributed by atoms with E-state index in [1.165, 1.54) is 32.1 Å². The van der Waals surface area contributed by atoms with Gasteiger partial charge in [0.1, 0.15) is 5.75 Å². The second-order valence-corrected chi connectivity index (χ2v) is 4.82. The molecule has 0 amide bonds. The Hall–Kier alpha value is -1.49. The van der Waals surface area contributed by atoms with E-state index >= 15 is 0 Å². The highest BCUT2D eigenvalue weighted by Crippen LogP contribution is 2.31. The monoisotopic (exact) mass is 243 g/mol. The van der Waals surface area contributed by atoms with Gasteiger partial charge in [-0.25, -0.2) is 4.98 Å². The standard InChI is InChI=1S/C13H16BN2O2/c17-14-18-11-6-7-13-12(8-11)15-9-16(13)10-4-2-1-3-5-10/h6-10,17H,1-5H2. The number of nitrogens with zero attached hydrogens (tertiary/aromatic N) is 2. The Labute approximate surface area is 107 Å².